The molecule has 3 heteroatoms. The number of fused-ring (bicyclic) bond motifs is 1. The van der Waals surface area contributed by atoms with E-state index in [0.717, 1.165) is 39.1 Å². The van der Waals surface area contributed by atoms with Crippen LogP contribution in [0.15, 0.2) is 18.2 Å². The highest BCUT2D eigenvalue weighted by molar-refractivity contribution is 5.61. The van der Waals surface area contributed by atoms with Crippen LogP contribution in [0.1, 0.15) is 31.7 Å². The molecule has 0 radical (unpaired) electrons. The molecule has 2 heterocycles. The predicted molar refractivity (Wildman–Crippen MR) is 80.1 cm³/mol. The number of piperidine rings is 1. The summed E-state index contributed by atoms with van der Waals surface area (Å²) in [6, 6.07) is 6.89. The van der Waals surface area contributed by atoms with Crippen molar-refractivity contribution < 1.29 is 4.74 Å². The summed E-state index contributed by atoms with van der Waals surface area (Å²) in [7, 11) is 0. The molecule has 0 bridgehead atoms. The molecule has 1 aromatic carbocycles. The van der Waals surface area contributed by atoms with Gasteiger partial charge in [0.1, 0.15) is 0 Å². The van der Waals surface area contributed by atoms with Crippen molar-refractivity contribution in [3.05, 3.63) is 23.8 Å². The van der Waals surface area contributed by atoms with Gasteiger partial charge in [0.15, 0.2) is 0 Å². The lowest BCUT2D eigenvalue weighted by Crippen LogP contribution is -2.37. The summed E-state index contributed by atoms with van der Waals surface area (Å²) in [4.78, 5) is 2.50. The zero-order valence-corrected chi connectivity index (χ0v) is 11.8. The van der Waals surface area contributed by atoms with E-state index in [4.69, 9.17) is 4.74 Å². The van der Waals surface area contributed by atoms with Crippen molar-refractivity contribution in [1.82, 2.24) is 0 Å². The van der Waals surface area contributed by atoms with Crippen LogP contribution < -0.4 is 10.2 Å². The van der Waals surface area contributed by atoms with E-state index in [9.17, 15) is 0 Å². The molecule has 2 aliphatic heterocycles. The van der Waals surface area contributed by atoms with Crippen molar-refractivity contribution in [3.8, 4) is 0 Å². The summed E-state index contributed by atoms with van der Waals surface area (Å²) in [5.41, 5.74) is 4.20. The Labute approximate surface area is 115 Å². The number of hydrogen-bond acceptors (Lipinski definition) is 3. The van der Waals surface area contributed by atoms with Gasteiger partial charge in [0.2, 0.25) is 0 Å². The van der Waals surface area contributed by atoms with Gasteiger partial charge in [-0.1, -0.05) is 0 Å². The molecule has 3 rings (SSSR count). The van der Waals surface area contributed by atoms with Gasteiger partial charge in [-0.05, 0) is 56.4 Å². The lowest BCUT2D eigenvalue weighted by Gasteiger charge is -2.34. The number of benzene rings is 1. The van der Waals surface area contributed by atoms with E-state index in [1.165, 1.54) is 29.8 Å². The van der Waals surface area contributed by atoms with Crippen molar-refractivity contribution in [2.45, 2.75) is 38.7 Å². The zero-order chi connectivity index (χ0) is 13.1. The third-order valence-electron chi connectivity index (χ3n) is 4.24. The average Bonchev–Trinajstić information content (AvgIpc) is 2.48. The molecule has 0 unspecified atom stereocenters. The number of nitrogens with zero attached hydrogens (tertiary/aromatic N) is 1. The van der Waals surface area contributed by atoms with Crippen LogP contribution in [0.2, 0.25) is 0 Å². The third-order valence-corrected chi connectivity index (χ3v) is 4.24. The smallest absolute Gasteiger partial charge is 0.0608 e. The molecular weight excluding hydrogens is 236 g/mol. The normalized spacial score (nSPS) is 19.9. The number of aryl methyl sites for hydroxylation is 1. The first kappa shape index (κ1) is 12.8. The molecule has 0 spiro atoms. The number of rotatable bonds is 3. The van der Waals surface area contributed by atoms with Crippen molar-refractivity contribution in [2.75, 3.05) is 36.5 Å². The molecule has 104 valence electrons. The van der Waals surface area contributed by atoms with Gasteiger partial charge in [-0.15, -0.1) is 0 Å². The van der Waals surface area contributed by atoms with Gasteiger partial charge < -0.3 is 15.0 Å². The Morgan fingerprint density at radius 3 is 2.95 bits per heavy atom. The van der Waals surface area contributed by atoms with Crippen molar-refractivity contribution >= 4 is 11.4 Å². The first-order chi connectivity index (χ1) is 9.36. The van der Waals surface area contributed by atoms with Crippen molar-refractivity contribution in [1.29, 1.82) is 0 Å². The van der Waals surface area contributed by atoms with Gasteiger partial charge in [0.05, 0.1) is 6.10 Å². The molecule has 2 aliphatic rings. The van der Waals surface area contributed by atoms with Gasteiger partial charge in [0.25, 0.3) is 0 Å². The van der Waals surface area contributed by atoms with Crippen LogP contribution in [0.25, 0.3) is 0 Å². The maximum Gasteiger partial charge on any atom is 0.0608 e. The summed E-state index contributed by atoms with van der Waals surface area (Å²) in [6.45, 7) is 6.29. The van der Waals surface area contributed by atoms with E-state index >= 15 is 0 Å². The highest BCUT2D eigenvalue weighted by Crippen LogP contribution is 2.29. The molecule has 0 saturated carbocycles. The van der Waals surface area contributed by atoms with Crippen LogP contribution in [0, 0.1) is 0 Å². The molecule has 19 heavy (non-hydrogen) atoms. The molecular formula is C16H24N2O. The highest BCUT2D eigenvalue weighted by atomic mass is 16.5. The Morgan fingerprint density at radius 2 is 2.16 bits per heavy atom. The number of nitrogens with one attached hydrogen (secondary N) is 1. The monoisotopic (exact) mass is 260 g/mol. The second kappa shape index (κ2) is 5.83. The second-order valence-electron chi connectivity index (χ2n) is 5.51. The van der Waals surface area contributed by atoms with E-state index < -0.39 is 0 Å². The Hall–Kier alpha value is -1.22. The first-order valence-corrected chi connectivity index (χ1v) is 7.60. The van der Waals surface area contributed by atoms with E-state index in [-0.39, 0.29) is 0 Å². The van der Waals surface area contributed by atoms with Crippen LogP contribution in [0.3, 0.4) is 0 Å². The Bertz CT molecular complexity index is 425. The van der Waals surface area contributed by atoms with Crippen LogP contribution in [-0.2, 0) is 11.2 Å². The summed E-state index contributed by atoms with van der Waals surface area (Å²) >= 11 is 0. The largest absolute Gasteiger partial charge is 0.385 e. The molecule has 0 atom stereocenters. The Balaban J connectivity index is 1.66. The maximum atomic E-state index is 5.72. The quantitative estimate of drug-likeness (QED) is 0.904. The molecule has 0 amide bonds. The second-order valence-corrected chi connectivity index (χ2v) is 5.51. The van der Waals surface area contributed by atoms with E-state index in [1.807, 2.05) is 0 Å². The zero-order valence-electron chi connectivity index (χ0n) is 11.8. The van der Waals surface area contributed by atoms with Crippen LogP contribution in [-0.4, -0.2) is 32.3 Å². The molecule has 3 nitrogen and oxygen atoms in total. The predicted octanol–water partition coefficient (Wildman–Crippen LogP) is 3.05. The summed E-state index contributed by atoms with van der Waals surface area (Å²) in [5.74, 6) is 0. The summed E-state index contributed by atoms with van der Waals surface area (Å²) < 4.78 is 5.72. The average molecular weight is 260 g/mol. The van der Waals surface area contributed by atoms with Gasteiger partial charge in [-0.3, -0.25) is 0 Å². The molecule has 1 saturated heterocycles. The standard InChI is InChI=1S/C16H24N2O/c1-2-19-15-7-10-18(11-8-15)14-5-6-16-13(12-14)4-3-9-17-16/h5-6,12,15,17H,2-4,7-11H2,1H3. The van der Waals surface area contributed by atoms with E-state index in [2.05, 4.69) is 35.3 Å². The number of anilines is 2. The Kier molecular flexibility index (Phi) is 3.92. The summed E-state index contributed by atoms with van der Waals surface area (Å²) in [6.07, 6.45) is 5.25. The minimum Gasteiger partial charge on any atom is -0.385 e. The van der Waals surface area contributed by atoms with Crippen LogP contribution >= 0.6 is 0 Å². The van der Waals surface area contributed by atoms with Crippen LogP contribution in [0.5, 0.6) is 0 Å². The topological polar surface area (TPSA) is 24.5 Å². The highest BCUT2D eigenvalue weighted by Gasteiger charge is 2.20. The van der Waals surface area contributed by atoms with Crippen molar-refractivity contribution in [2.24, 2.45) is 0 Å². The fourth-order valence-electron chi connectivity index (χ4n) is 3.17. The third kappa shape index (κ3) is 2.86. The van der Waals surface area contributed by atoms with Crippen LogP contribution in [0.4, 0.5) is 11.4 Å². The van der Waals surface area contributed by atoms with Crippen molar-refractivity contribution in [3.63, 3.8) is 0 Å². The number of ether oxygens (including phenoxy) is 1. The maximum absolute atomic E-state index is 5.72. The Morgan fingerprint density at radius 1 is 1.32 bits per heavy atom. The molecule has 1 fully saturated rings. The minimum atomic E-state index is 0.473. The van der Waals surface area contributed by atoms with Gasteiger partial charge in [-0.25, -0.2) is 0 Å². The molecule has 0 aliphatic carbocycles. The fraction of sp³-hybridized carbons (Fsp3) is 0.625. The lowest BCUT2D eigenvalue weighted by atomic mass is 10.0. The molecule has 0 aromatic heterocycles. The lowest BCUT2D eigenvalue weighted by molar-refractivity contribution is 0.0459. The summed E-state index contributed by atoms with van der Waals surface area (Å²) in [5, 5.41) is 3.48. The van der Waals surface area contributed by atoms with Gasteiger partial charge in [-0.2, -0.15) is 0 Å². The first-order valence-electron chi connectivity index (χ1n) is 7.60. The minimum absolute atomic E-state index is 0.473. The SMILES string of the molecule is CCOC1CCN(c2ccc3c(c2)CCCN3)CC1. The molecule has 1 aromatic rings. The van der Waals surface area contributed by atoms with Gasteiger partial charge in [0, 0.05) is 37.6 Å². The number of hydrogen-bond donors (Lipinski definition) is 1. The molecule has 1 N–H and O–H groups in total. The van der Waals surface area contributed by atoms with E-state index in [0.29, 0.717) is 6.10 Å². The fourth-order valence-corrected chi connectivity index (χ4v) is 3.17. The van der Waals surface area contributed by atoms with Gasteiger partial charge >= 0.3 is 0 Å². The van der Waals surface area contributed by atoms with E-state index in [1.54, 1.807) is 0 Å².